The third kappa shape index (κ3) is 5.78. The minimum absolute atomic E-state index is 0.0656. The SMILES string of the molecule is C#CCn1cc(-c2cnc3c(Cc4ccc(C(=O)N5CCN(C(=O)CC6CCC6)CC5)c(C)c4)nccn23)c(C(F)(F)F)n1. The average Bonchev–Trinajstić information content (AvgIpc) is 3.60. The standard InChI is InChI=1S/C32H32F3N7O2/c1-3-10-41-20-25(29(38-41)32(33,34)35)27-19-37-30-26(36-9-11-42(27)30)17-23-7-8-24(21(2)16-23)31(44)40-14-12-39(13-15-40)28(43)18-22-5-4-6-22/h1,7-9,11,16,19-20,22H,4-6,10,12-15,17-18H2,2H3. The van der Waals surface area contributed by atoms with Gasteiger partial charge in [0.2, 0.25) is 5.91 Å². The lowest BCUT2D eigenvalue weighted by molar-refractivity contribution is -0.141. The molecule has 0 atom stereocenters. The molecule has 0 radical (unpaired) electrons. The second-order valence-electron chi connectivity index (χ2n) is 11.5. The van der Waals surface area contributed by atoms with E-state index in [4.69, 9.17) is 6.42 Å². The molecule has 1 saturated carbocycles. The van der Waals surface area contributed by atoms with E-state index in [1.807, 2.05) is 24.0 Å². The molecule has 2 fully saturated rings. The maximum atomic E-state index is 13.8. The van der Waals surface area contributed by atoms with Gasteiger partial charge in [0.25, 0.3) is 5.91 Å². The van der Waals surface area contributed by atoms with Gasteiger partial charge in [0.1, 0.15) is 6.54 Å². The van der Waals surface area contributed by atoms with E-state index in [9.17, 15) is 22.8 Å². The molecule has 0 N–H and O–H groups in total. The van der Waals surface area contributed by atoms with Crippen LogP contribution in [0.5, 0.6) is 0 Å². The zero-order valence-electron chi connectivity index (χ0n) is 24.3. The zero-order valence-corrected chi connectivity index (χ0v) is 24.3. The number of amides is 2. The van der Waals surface area contributed by atoms with Crippen LogP contribution in [0.25, 0.3) is 16.9 Å². The lowest BCUT2D eigenvalue weighted by Crippen LogP contribution is -2.51. The Morgan fingerprint density at radius 3 is 2.50 bits per heavy atom. The molecule has 0 unspecified atom stereocenters. The molecule has 1 aliphatic heterocycles. The number of imidazole rings is 1. The minimum atomic E-state index is -4.67. The molecule has 228 valence electrons. The summed E-state index contributed by atoms with van der Waals surface area (Å²) in [6.07, 6.45) is 10.8. The number of nitrogens with zero attached hydrogens (tertiary/aromatic N) is 7. The smallest absolute Gasteiger partial charge is 0.339 e. The zero-order chi connectivity index (χ0) is 31.0. The van der Waals surface area contributed by atoms with Gasteiger partial charge in [-0.05, 0) is 42.9 Å². The highest BCUT2D eigenvalue weighted by atomic mass is 19.4. The fourth-order valence-electron chi connectivity index (χ4n) is 5.96. The van der Waals surface area contributed by atoms with Crippen molar-refractivity contribution in [2.45, 2.75) is 51.7 Å². The third-order valence-corrected chi connectivity index (χ3v) is 8.56. The first-order valence-electron chi connectivity index (χ1n) is 14.7. The molecular weight excluding hydrogens is 571 g/mol. The van der Waals surface area contributed by atoms with Crippen LogP contribution in [-0.4, -0.2) is 71.9 Å². The number of hydrogen-bond acceptors (Lipinski definition) is 5. The van der Waals surface area contributed by atoms with E-state index in [0.29, 0.717) is 61.8 Å². The quantitative estimate of drug-likeness (QED) is 0.288. The van der Waals surface area contributed by atoms with E-state index in [-0.39, 0.29) is 29.6 Å². The average molecular weight is 604 g/mol. The molecular formula is C32H32F3N7O2. The minimum Gasteiger partial charge on any atom is -0.339 e. The van der Waals surface area contributed by atoms with Crippen LogP contribution in [0.2, 0.25) is 0 Å². The lowest BCUT2D eigenvalue weighted by atomic mass is 9.82. The molecule has 12 heteroatoms. The molecule has 0 spiro atoms. The monoisotopic (exact) mass is 603 g/mol. The summed E-state index contributed by atoms with van der Waals surface area (Å²) >= 11 is 0. The van der Waals surface area contributed by atoms with Crippen LogP contribution in [0.3, 0.4) is 0 Å². The summed E-state index contributed by atoms with van der Waals surface area (Å²) in [7, 11) is 0. The van der Waals surface area contributed by atoms with Crippen molar-refractivity contribution in [3.05, 3.63) is 71.1 Å². The summed E-state index contributed by atoms with van der Waals surface area (Å²) in [6, 6.07) is 5.58. The molecule has 9 nitrogen and oxygen atoms in total. The van der Waals surface area contributed by atoms with Crippen molar-refractivity contribution in [1.82, 2.24) is 33.9 Å². The number of aromatic nitrogens is 5. The fourth-order valence-corrected chi connectivity index (χ4v) is 5.96. The first-order valence-corrected chi connectivity index (χ1v) is 14.7. The number of terminal acetylenes is 1. The first kappa shape index (κ1) is 29.4. The number of alkyl halides is 3. The maximum Gasteiger partial charge on any atom is 0.435 e. The van der Waals surface area contributed by atoms with Crippen molar-refractivity contribution in [1.29, 1.82) is 0 Å². The number of benzene rings is 1. The van der Waals surface area contributed by atoms with Crippen molar-refractivity contribution < 1.29 is 22.8 Å². The van der Waals surface area contributed by atoms with Crippen LogP contribution in [0.15, 0.2) is 43.0 Å². The van der Waals surface area contributed by atoms with E-state index >= 15 is 0 Å². The van der Waals surface area contributed by atoms with E-state index in [0.717, 1.165) is 28.7 Å². The van der Waals surface area contributed by atoms with Gasteiger partial charge >= 0.3 is 6.18 Å². The molecule has 4 heterocycles. The normalized spacial score (nSPS) is 15.8. The predicted molar refractivity (Wildman–Crippen MR) is 156 cm³/mol. The van der Waals surface area contributed by atoms with Gasteiger partial charge in [-0.2, -0.15) is 18.3 Å². The van der Waals surface area contributed by atoms with Crippen LogP contribution in [0, 0.1) is 25.2 Å². The molecule has 0 bridgehead atoms. The third-order valence-electron chi connectivity index (χ3n) is 8.56. The van der Waals surface area contributed by atoms with E-state index < -0.39 is 11.9 Å². The largest absolute Gasteiger partial charge is 0.435 e. The van der Waals surface area contributed by atoms with E-state index in [2.05, 4.69) is 21.0 Å². The van der Waals surface area contributed by atoms with Gasteiger partial charge in [0.15, 0.2) is 11.3 Å². The number of halogens is 3. The molecule has 1 saturated heterocycles. The van der Waals surface area contributed by atoms with Crippen molar-refractivity contribution in [2.75, 3.05) is 26.2 Å². The molecule has 2 amide bonds. The Bertz CT molecular complexity index is 1760. The summed E-state index contributed by atoms with van der Waals surface area (Å²) in [5.41, 5.74) is 2.34. The van der Waals surface area contributed by atoms with Crippen LogP contribution in [0.1, 0.15) is 58.6 Å². The topological polar surface area (TPSA) is 88.6 Å². The van der Waals surface area contributed by atoms with Gasteiger partial charge in [0, 0.05) is 63.2 Å². The second kappa shape index (κ2) is 11.8. The number of rotatable bonds is 7. The molecule has 4 aromatic rings. The highest BCUT2D eigenvalue weighted by molar-refractivity contribution is 5.96. The maximum absolute atomic E-state index is 13.8. The molecule has 2 aliphatic rings. The Hall–Kier alpha value is -4.66. The number of hydrogen-bond donors (Lipinski definition) is 0. The summed E-state index contributed by atoms with van der Waals surface area (Å²) in [5, 5.41) is 3.66. The predicted octanol–water partition coefficient (Wildman–Crippen LogP) is 4.62. The number of piperazine rings is 1. The number of fused-ring (bicyclic) bond motifs is 1. The van der Waals surface area contributed by atoms with Gasteiger partial charge in [-0.3, -0.25) is 23.7 Å². The second-order valence-corrected chi connectivity index (χ2v) is 11.5. The van der Waals surface area contributed by atoms with Crippen LogP contribution >= 0.6 is 0 Å². The van der Waals surface area contributed by atoms with E-state index in [1.54, 1.807) is 21.6 Å². The lowest BCUT2D eigenvalue weighted by Gasteiger charge is -2.36. The van der Waals surface area contributed by atoms with Crippen molar-refractivity contribution in [2.24, 2.45) is 5.92 Å². The Morgan fingerprint density at radius 2 is 1.84 bits per heavy atom. The van der Waals surface area contributed by atoms with Crippen LogP contribution in [-0.2, 0) is 23.9 Å². The van der Waals surface area contributed by atoms with Gasteiger partial charge < -0.3 is 9.80 Å². The molecule has 3 aromatic heterocycles. The Kier molecular flexibility index (Phi) is 7.88. The number of carbonyl (C=O) groups is 2. The number of aryl methyl sites for hydroxylation is 1. The summed E-state index contributed by atoms with van der Waals surface area (Å²) in [6.45, 7) is 3.88. The van der Waals surface area contributed by atoms with Crippen LogP contribution in [0.4, 0.5) is 13.2 Å². The number of carbonyl (C=O) groups excluding carboxylic acids is 2. The van der Waals surface area contributed by atoms with Crippen molar-refractivity contribution in [3.8, 4) is 23.6 Å². The first-order chi connectivity index (χ1) is 21.1. The van der Waals surface area contributed by atoms with Crippen LogP contribution < -0.4 is 0 Å². The summed E-state index contributed by atoms with van der Waals surface area (Å²) < 4.78 is 44.0. The molecule has 44 heavy (non-hydrogen) atoms. The van der Waals surface area contributed by atoms with Gasteiger partial charge in [0.05, 0.1) is 23.1 Å². The van der Waals surface area contributed by atoms with Gasteiger partial charge in [-0.1, -0.05) is 24.5 Å². The van der Waals surface area contributed by atoms with Crippen molar-refractivity contribution >= 4 is 17.5 Å². The Labute approximate surface area is 252 Å². The Morgan fingerprint density at radius 1 is 1.09 bits per heavy atom. The highest BCUT2D eigenvalue weighted by Gasteiger charge is 2.38. The summed E-state index contributed by atoms with van der Waals surface area (Å²) in [4.78, 5) is 38.5. The van der Waals surface area contributed by atoms with Crippen molar-refractivity contribution in [3.63, 3.8) is 0 Å². The van der Waals surface area contributed by atoms with Gasteiger partial charge in [-0.15, -0.1) is 6.42 Å². The molecule has 1 aromatic carbocycles. The molecule has 1 aliphatic carbocycles. The highest BCUT2D eigenvalue weighted by Crippen LogP contribution is 2.36. The summed E-state index contributed by atoms with van der Waals surface area (Å²) in [5.74, 6) is 2.95. The molecule has 6 rings (SSSR count). The Balaban J connectivity index is 1.17. The van der Waals surface area contributed by atoms with Gasteiger partial charge in [-0.25, -0.2) is 4.98 Å². The van der Waals surface area contributed by atoms with E-state index in [1.165, 1.54) is 25.0 Å². The fraction of sp³-hybridized carbons (Fsp3) is 0.406.